The van der Waals surface area contributed by atoms with Gasteiger partial charge in [0.1, 0.15) is 0 Å². The number of benzene rings is 8. The molecule has 0 heterocycles. The summed E-state index contributed by atoms with van der Waals surface area (Å²) in [5.74, 6) is 0. The molecular formula is C89H158O10. The Balaban J connectivity index is -0.0000000707. The van der Waals surface area contributed by atoms with Crippen molar-refractivity contribution in [3.8, 4) is 0 Å². The van der Waals surface area contributed by atoms with Gasteiger partial charge in [-0.3, -0.25) is 0 Å². The first-order valence-electron chi connectivity index (χ1n) is 35.5. The Bertz CT molecular complexity index is 2070. The summed E-state index contributed by atoms with van der Waals surface area (Å²) in [6.45, 7) is 55.7. The Morgan fingerprint density at radius 1 is 0.172 bits per heavy atom. The van der Waals surface area contributed by atoms with Crippen molar-refractivity contribution in [3.05, 3.63) is 287 Å². The maximum atomic E-state index is 7.57. The van der Waals surface area contributed by atoms with E-state index in [0.717, 1.165) is 49.8 Å². The Kier molecular flexibility index (Phi) is 133. The first-order valence-corrected chi connectivity index (χ1v) is 35.5. The molecule has 99 heavy (non-hydrogen) atoms. The summed E-state index contributed by atoms with van der Waals surface area (Å²) < 4.78 is 0. The van der Waals surface area contributed by atoms with E-state index in [0.29, 0.717) is 10.8 Å². The minimum Gasteiger partial charge on any atom is -0.400 e. The van der Waals surface area contributed by atoms with E-state index >= 15 is 0 Å². The van der Waals surface area contributed by atoms with Crippen LogP contribution in [0, 0.1) is 0 Å². The van der Waals surface area contributed by atoms with Crippen molar-refractivity contribution in [2.75, 3.05) is 69.6 Å². The SMILES string of the molecule is CC.CC.CC.CC.CC.CC.CC.CC.CC(C)(C)c1ccccc1.CC(C)(C)c1ccccc1.CC(c1ccccc1)(c1ccccc1)c1ccccc1.CC(c1ccccc1)(c1ccccc1)c1ccccc1.CCO.CCO.CCO.CO.CO.CO.CO.CO.CO.CO. The highest BCUT2D eigenvalue weighted by Gasteiger charge is 2.31. The van der Waals surface area contributed by atoms with Crippen molar-refractivity contribution in [3.63, 3.8) is 0 Å². The van der Waals surface area contributed by atoms with E-state index < -0.39 is 0 Å². The fraction of sp³-hybridized carbons (Fsp3) is 0.461. The van der Waals surface area contributed by atoms with Crippen LogP contribution in [0.25, 0.3) is 0 Å². The molecule has 8 rings (SSSR count). The molecule has 10 nitrogen and oxygen atoms in total. The number of hydrogen-bond acceptors (Lipinski definition) is 10. The molecule has 0 spiro atoms. The molecule has 0 radical (unpaired) electrons. The Morgan fingerprint density at radius 2 is 0.242 bits per heavy atom. The van der Waals surface area contributed by atoms with Gasteiger partial charge < -0.3 is 51.1 Å². The molecule has 10 heteroatoms. The van der Waals surface area contributed by atoms with Crippen LogP contribution in [0.15, 0.2) is 243 Å². The average Bonchev–Trinajstić information content (AvgIpc) is 0.784. The van der Waals surface area contributed by atoms with Crippen LogP contribution in [0.1, 0.15) is 231 Å². The highest BCUT2D eigenvalue weighted by Crippen LogP contribution is 2.39. The zero-order valence-corrected chi connectivity index (χ0v) is 69.7. The van der Waals surface area contributed by atoms with Crippen LogP contribution in [0.3, 0.4) is 0 Å². The third-order valence-corrected chi connectivity index (χ3v) is 11.4. The largest absolute Gasteiger partial charge is 0.400 e. The molecule has 0 amide bonds. The van der Waals surface area contributed by atoms with Gasteiger partial charge in [0.15, 0.2) is 0 Å². The van der Waals surface area contributed by atoms with Crippen molar-refractivity contribution < 1.29 is 51.1 Å². The third-order valence-electron chi connectivity index (χ3n) is 11.4. The molecule has 0 aliphatic carbocycles. The lowest BCUT2D eigenvalue weighted by atomic mass is 9.71. The number of aliphatic hydroxyl groups is 10. The first kappa shape index (κ1) is 126. The molecule has 8 aromatic rings. The van der Waals surface area contributed by atoms with Gasteiger partial charge in [0, 0.05) is 80.4 Å². The van der Waals surface area contributed by atoms with Gasteiger partial charge in [-0.05, 0) is 90.0 Å². The summed E-state index contributed by atoms with van der Waals surface area (Å²) in [6.07, 6.45) is 0. The van der Waals surface area contributed by atoms with Gasteiger partial charge in [-0.2, -0.15) is 0 Å². The molecule has 0 aliphatic heterocycles. The van der Waals surface area contributed by atoms with E-state index in [9.17, 15) is 0 Å². The molecular weight excluding hydrogens is 1230 g/mol. The minimum absolute atomic E-state index is 0.121. The van der Waals surface area contributed by atoms with E-state index in [-0.39, 0.29) is 30.7 Å². The van der Waals surface area contributed by atoms with E-state index in [1.807, 2.05) is 111 Å². The monoisotopic (exact) mass is 1390 g/mol. The molecule has 0 aromatic heterocycles. The number of rotatable bonds is 6. The highest BCUT2D eigenvalue weighted by atomic mass is 16.3. The molecule has 574 valence electrons. The van der Waals surface area contributed by atoms with Crippen molar-refractivity contribution in [1.82, 2.24) is 0 Å². The van der Waals surface area contributed by atoms with Gasteiger partial charge >= 0.3 is 0 Å². The summed E-state index contributed by atoms with van der Waals surface area (Å²) in [4.78, 5) is 0. The van der Waals surface area contributed by atoms with Crippen LogP contribution in [0.5, 0.6) is 0 Å². The molecule has 0 saturated carbocycles. The summed E-state index contributed by atoms with van der Waals surface area (Å²) in [5.41, 5.74) is 11.0. The fourth-order valence-electron chi connectivity index (χ4n) is 7.51. The van der Waals surface area contributed by atoms with Crippen LogP contribution in [0.4, 0.5) is 0 Å². The zero-order chi connectivity index (χ0) is 81.0. The maximum Gasteiger partial charge on any atom is 0.0423 e. The summed E-state index contributed by atoms with van der Waals surface area (Å²) in [6, 6.07) is 85.3. The molecule has 0 bridgehead atoms. The standard InChI is InChI=1S/2C20H18.2C10H14.3C2H6O.8C2H6.7CH4O/c2*1-20(17-11-5-2-6-12-17,18-13-7-3-8-14-18)19-15-9-4-10-16-19;2*1-10(2,3)9-7-5-4-6-8-9;3*1-2-3;15*1-2/h2*2-16H,1H3;2*4-8H,1-3H3;3*3H,2H2,1H3;8*1-2H3;7*2H,1H3. The molecule has 0 aliphatic rings. The average molecular weight is 1390 g/mol. The Hall–Kier alpha value is -6.64. The van der Waals surface area contributed by atoms with Gasteiger partial charge in [0.05, 0.1) is 0 Å². The quantitative estimate of drug-likeness (QED) is 0.0714. The molecule has 0 atom stereocenters. The van der Waals surface area contributed by atoms with Gasteiger partial charge in [0.2, 0.25) is 0 Å². The zero-order valence-electron chi connectivity index (χ0n) is 69.7. The molecule has 0 saturated heterocycles. The highest BCUT2D eigenvalue weighted by molar-refractivity contribution is 5.50. The minimum atomic E-state index is -0.121. The van der Waals surface area contributed by atoms with Crippen molar-refractivity contribution in [2.24, 2.45) is 0 Å². The van der Waals surface area contributed by atoms with E-state index in [1.165, 1.54) is 44.5 Å². The molecule has 0 unspecified atom stereocenters. The van der Waals surface area contributed by atoms with E-state index in [1.54, 1.807) is 20.8 Å². The Morgan fingerprint density at radius 3 is 0.303 bits per heavy atom. The first-order chi connectivity index (χ1) is 48.1. The fourth-order valence-corrected chi connectivity index (χ4v) is 7.51. The second-order valence-electron chi connectivity index (χ2n) is 18.6. The van der Waals surface area contributed by atoms with Crippen LogP contribution in [-0.2, 0) is 21.7 Å². The van der Waals surface area contributed by atoms with Crippen LogP contribution >= 0.6 is 0 Å². The predicted molar refractivity (Wildman–Crippen MR) is 446 cm³/mol. The second kappa shape index (κ2) is 105. The molecule has 0 fully saturated rings. The molecule has 8 aromatic carbocycles. The van der Waals surface area contributed by atoms with Gasteiger partial charge in [-0.25, -0.2) is 0 Å². The lowest BCUT2D eigenvalue weighted by Gasteiger charge is -2.31. The van der Waals surface area contributed by atoms with Gasteiger partial charge in [-0.1, -0.05) is 395 Å². The third kappa shape index (κ3) is 65.7. The van der Waals surface area contributed by atoms with Gasteiger partial charge in [0.25, 0.3) is 0 Å². The predicted octanol–water partition coefficient (Wildman–Crippen LogP) is 21.5. The second-order valence-corrected chi connectivity index (χ2v) is 18.6. The number of aliphatic hydroxyl groups excluding tert-OH is 10. The lowest BCUT2D eigenvalue weighted by molar-refractivity contribution is 0.318. The smallest absolute Gasteiger partial charge is 0.0423 e. The van der Waals surface area contributed by atoms with Crippen LogP contribution in [-0.4, -0.2) is 121 Å². The van der Waals surface area contributed by atoms with Crippen LogP contribution in [0.2, 0.25) is 0 Å². The van der Waals surface area contributed by atoms with E-state index in [4.69, 9.17) is 51.1 Å². The van der Waals surface area contributed by atoms with Crippen LogP contribution < -0.4 is 0 Å². The molecule has 10 N–H and O–H groups in total. The maximum absolute atomic E-state index is 7.57. The summed E-state index contributed by atoms with van der Waals surface area (Å²) in [7, 11) is 7.00. The van der Waals surface area contributed by atoms with Gasteiger partial charge in [-0.15, -0.1) is 0 Å². The summed E-state index contributed by atoms with van der Waals surface area (Å²) >= 11 is 0. The van der Waals surface area contributed by atoms with Crippen molar-refractivity contribution >= 4 is 0 Å². The van der Waals surface area contributed by atoms with Crippen molar-refractivity contribution in [2.45, 2.75) is 209 Å². The lowest BCUT2D eigenvalue weighted by Crippen LogP contribution is -2.25. The van der Waals surface area contributed by atoms with Crippen molar-refractivity contribution in [1.29, 1.82) is 0 Å². The number of hydrogen-bond donors (Lipinski definition) is 10. The Labute approximate surface area is 613 Å². The topological polar surface area (TPSA) is 202 Å². The van der Waals surface area contributed by atoms with E-state index in [2.05, 4.69) is 298 Å². The summed E-state index contributed by atoms with van der Waals surface area (Å²) in [5, 5.41) is 71.7. The normalized spacial score (nSPS) is 8.32.